The molecule has 0 radical (unpaired) electrons. The van der Waals surface area contributed by atoms with Gasteiger partial charge >= 0.3 is 0 Å². The Bertz CT molecular complexity index is 608. The molecule has 104 valence electrons. The second-order valence-corrected chi connectivity index (χ2v) is 4.89. The predicted molar refractivity (Wildman–Crippen MR) is 82.3 cm³/mol. The van der Waals surface area contributed by atoms with Crippen molar-refractivity contribution in [2.24, 2.45) is 0 Å². The number of rotatable bonds is 4. The van der Waals surface area contributed by atoms with Gasteiger partial charge in [0, 0.05) is 12.7 Å². The van der Waals surface area contributed by atoms with Crippen LogP contribution in [0, 0.1) is 0 Å². The minimum Gasteiger partial charge on any atom is -0.373 e. The molecule has 1 aromatic heterocycles. The Morgan fingerprint density at radius 2 is 1.90 bits per heavy atom. The maximum atomic E-state index is 12.2. The molecule has 20 heavy (non-hydrogen) atoms. The Kier molecular flexibility index (Phi) is 4.35. The molecular weight excluding hydrogens is 250 g/mol. The third kappa shape index (κ3) is 3.35. The van der Waals surface area contributed by atoms with Crippen LogP contribution in [0.25, 0.3) is 0 Å². The van der Waals surface area contributed by atoms with Crippen LogP contribution < -0.4 is 10.6 Å². The zero-order valence-electron chi connectivity index (χ0n) is 12.0. The van der Waals surface area contributed by atoms with E-state index < -0.39 is 0 Å². The fourth-order valence-corrected chi connectivity index (χ4v) is 1.87. The number of nitrogens with one attached hydrogen (secondary N) is 2. The minimum absolute atomic E-state index is 0.206. The molecular formula is C16H19N3O. The molecule has 1 amide bonds. The molecule has 2 rings (SSSR count). The predicted octanol–water partition coefficient (Wildman–Crippen LogP) is 3.50. The average molecular weight is 269 g/mol. The molecule has 1 aromatic carbocycles. The van der Waals surface area contributed by atoms with E-state index in [1.165, 1.54) is 5.56 Å². The lowest BCUT2D eigenvalue weighted by Crippen LogP contribution is -2.14. The zero-order valence-corrected chi connectivity index (χ0v) is 12.0. The number of benzene rings is 1. The van der Waals surface area contributed by atoms with Gasteiger partial charge in [-0.1, -0.05) is 32.0 Å². The topological polar surface area (TPSA) is 54.0 Å². The first-order chi connectivity index (χ1) is 9.60. The van der Waals surface area contributed by atoms with Gasteiger partial charge in [0.1, 0.15) is 11.5 Å². The highest BCUT2D eigenvalue weighted by atomic mass is 16.1. The van der Waals surface area contributed by atoms with Crippen LogP contribution in [0.1, 0.15) is 35.8 Å². The fraction of sp³-hybridized carbons (Fsp3) is 0.250. The Morgan fingerprint density at radius 1 is 1.15 bits per heavy atom. The number of hydrogen-bond acceptors (Lipinski definition) is 3. The molecule has 0 spiro atoms. The van der Waals surface area contributed by atoms with E-state index in [9.17, 15) is 4.79 Å². The van der Waals surface area contributed by atoms with Crippen molar-refractivity contribution in [1.82, 2.24) is 4.98 Å². The molecule has 2 N–H and O–H groups in total. The summed E-state index contributed by atoms with van der Waals surface area (Å²) < 4.78 is 0. The first-order valence-electron chi connectivity index (χ1n) is 6.66. The monoisotopic (exact) mass is 269 g/mol. The molecule has 0 aliphatic carbocycles. The second-order valence-electron chi connectivity index (χ2n) is 4.89. The molecule has 0 atom stereocenters. The molecule has 0 unspecified atom stereocenters. The van der Waals surface area contributed by atoms with Crippen LogP contribution in [0.3, 0.4) is 0 Å². The van der Waals surface area contributed by atoms with Gasteiger partial charge < -0.3 is 10.6 Å². The maximum absolute atomic E-state index is 12.2. The molecule has 0 aliphatic heterocycles. The average Bonchev–Trinajstić information content (AvgIpc) is 2.47. The summed E-state index contributed by atoms with van der Waals surface area (Å²) in [6.45, 7) is 4.25. The van der Waals surface area contributed by atoms with Gasteiger partial charge in [0.15, 0.2) is 0 Å². The summed E-state index contributed by atoms with van der Waals surface area (Å²) in [7, 11) is 1.77. The summed E-state index contributed by atoms with van der Waals surface area (Å²) in [6, 6.07) is 13.2. The van der Waals surface area contributed by atoms with Crippen molar-refractivity contribution in [3.8, 4) is 0 Å². The number of aromatic nitrogens is 1. The van der Waals surface area contributed by atoms with Gasteiger partial charge in [0.05, 0.1) is 0 Å². The summed E-state index contributed by atoms with van der Waals surface area (Å²) in [5.74, 6) is 0.897. The number of carbonyl (C=O) groups excluding carboxylic acids is 1. The highest BCUT2D eigenvalue weighted by molar-refractivity contribution is 6.03. The van der Waals surface area contributed by atoms with Crippen LogP contribution >= 0.6 is 0 Å². The van der Waals surface area contributed by atoms with Crippen LogP contribution in [0.5, 0.6) is 0 Å². The van der Waals surface area contributed by atoms with E-state index in [1.54, 1.807) is 19.2 Å². The molecule has 4 heteroatoms. The first-order valence-corrected chi connectivity index (χ1v) is 6.66. The summed E-state index contributed by atoms with van der Waals surface area (Å²) >= 11 is 0. The number of anilines is 2. The van der Waals surface area contributed by atoms with Gasteiger partial charge in [-0.05, 0) is 35.7 Å². The Labute approximate surface area is 119 Å². The van der Waals surface area contributed by atoms with Crippen molar-refractivity contribution in [2.45, 2.75) is 19.8 Å². The maximum Gasteiger partial charge on any atom is 0.274 e. The summed E-state index contributed by atoms with van der Waals surface area (Å²) in [5, 5.41) is 5.79. The lowest BCUT2D eigenvalue weighted by atomic mass is 10.0. The molecule has 0 aliphatic rings. The summed E-state index contributed by atoms with van der Waals surface area (Å²) in [4.78, 5) is 16.4. The highest BCUT2D eigenvalue weighted by Crippen LogP contribution is 2.19. The Balaban J connectivity index is 2.16. The first kappa shape index (κ1) is 14.1. The van der Waals surface area contributed by atoms with Crippen LogP contribution in [0.4, 0.5) is 11.5 Å². The lowest BCUT2D eigenvalue weighted by molar-refractivity contribution is 0.102. The number of amides is 1. The van der Waals surface area contributed by atoms with Crippen LogP contribution in [-0.2, 0) is 0 Å². The SMILES string of the molecule is CNc1cccc(C(=O)Nc2cccc(C(C)C)c2)n1. The summed E-state index contributed by atoms with van der Waals surface area (Å²) in [5.41, 5.74) is 2.38. The third-order valence-corrected chi connectivity index (χ3v) is 3.05. The van der Waals surface area contributed by atoms with E-state index in [-0.39, 0.29) is 5.91 Å². The second kappa shape index (κ2) is 6.19. The van der Waals surface area contributed by atoms with E-state index in [1.807, 2.05) is 24.3 Å². The normalized spacial score (nSPS) is 10.4. The van der Waals surface area contributed by atoms with Crippen LogP contribution in [0.15, 0.2) is 42.5 Å². The van der Waals surface area contributed by atoms with E-state index in [2.05, 4.69) is 35.5 Å². The lowest BCUT2D eigenvalue weighted by Gasteiger charge is -2.09. The van der Waals surface area contributed by atoms with Crippen molar-refractivity contribution < 1.29 is 4.79 Å². The molecule has 2 aromatic rings. The van der Waals surface area contributed by atoms with Crippen LogP contribution in [-0.4, -0.2) is 17.9 Å². The zero-order chi connectivity index (χ0) is 14.5. The van der Waals surface area contributed by atoms with E-state index in [4.69, 9.17) is 0 Å². The molecule has 0 bridgehead atoms. The summed E-state index contributed by atoms with van der Waals surface area (Å²) in [6.07, 6.45) is 0. The Morgan fingerprint density at radius 3 is 2.60 bits per heavy atom. The number of hydrogen-bond donors (Lipinski definition) is 2. The van der Waals surface area contributed by atoms with Gasteiger partial charge in [-0.2, -0.15) is 0 Å². The minimum atomic E-state index is -0.206. The number of pyridine rings is 1. The van der Waals surface area contributed by atoms with E-state index >= 15 is 0 Å². The van der Waals surface area contributed by atoms with Gasteiger partial charge in [0.2, 0.25) is 0 Å². The molecule has 1 heterocycles. The quantitative estimate of drug-likeness (QED) is 0.893. The van der Waals surface area contributed by atoms with Crippen molar-refractivity contribution in [3.63, 3.8) is 0 Å². The smallest absolute Gasteiger partial charge is 0.274 e. The van der Waals surface area contributed by atoms with E-state index in [0.29, 0.717) is 17.4 Å². The van der Waals surface area contributed by atoms with Crippen molar-refractivity contribution in [1.29, 1.82) is 0 Å². The Hall–Kier alpha value is -2.36. The van der Waals surface area contributed by atoms with Crippen LogP contribution in [0.2, 0.25) is 0 Å². The largest absolute Gasteiger partial charge is 0.373 e. The molecule has 0 saturated heterocycles. The van der Waals surface area contributed by atoms with E-state index in [0.717, 1.165) is 5.69 Å². The van der Waals surface area contributed by atoms with Crippen molar-refractivity contribution in [2.75, 3.05) is 17.7 Å². The third-order valence-electron chi connectivity index (χ3n) is 3.05. The number of carbonyl (C=O) groups is 1. The van der Waals surface area contributed by atoms with Crippen molar-refractivity contribution in [3.05, 3.63) is 53.7 Å². The van der Waals surface area contributed by atoms with Gasteiger partial charge in [-0.15, -0.1) is 0 Å². The molecule has 0 saturated carbocycles. The molecule has 0 fully saturated rings. The highest BCUT2D eigenvalue weighted by Gasteiger charge is 2.09. The fourth-order valence-electron chi connectivity index (χ4n) is 1.87. The molecule has 4 nitrogen and oxygen atoms in total. The van der Waals surface area contributed by atoms with Gasteiger partial charge in [-0.3, -0.25) is 4.79 Å². The van der Waals surface area contributed by atoms with Gasteiger partial charge in [-0.25, -0.2) is 4.98 Å². The van der Waals surface area contributed by atoms with Gasteiger partial charge in [0.25, 0.3) is 5.91 Å². The number of nitrogens with zero attached hydrogens (tertiary/aromatic N) is 1. The van der Waals surface area contributed by atoms with Crippen molar-refractivity contribution >= 4 is 17.4 Å². The standard InChI is InChI=1S/C16H19N3O/c1-11(2)12-6-4-7-13(10-12)18-16(20)14-8-5-9-15(17-3)19-14/h4-11H,1-3H3,(H,17,19)(H,18,20).